The number of para-hydroxylation sites is 4. The lowest BCUT2D eigenvalue weighted by Crippen LogP contribution is -2.34. The fourth-order valence-corrected chi connectivity index (χ4v) is 9.83. The average molecular weight is 671 g/mol. The standard InChI is InChI=1S/C32H56N4O7P2/c1-9-33(10-2)44(37,34(11-3)12-4)42-31-23-19-17-21-29(31)40-27-25-39-26-28-41-30-22-18-20-24-32(30)43-45(38,35(13-5)14-6)36(15-7)16-8/h17-24H,9-16,25-28H2,1-8H3. The maximum absolute atomic E-state index is 14.2. The van der Waals surface area contributed by atoms with Crippen LogP contribution in [0.3, 0.4) is 0 Å². The largest absolute Gasteiger partial charge is 0.487 e. The van der Waals surface area contributed by atoms with Crippen LogP contribution in [0.25, 0.3) is 0 Å². The highest BCUT2D eigenvalue weighted by Gasteiger charge is 2.39. The van der Waals surface area contributed by atoms with E-state index in [1.165, 1.54) is 0 Å². The van der Waals surface area contributed by atoms with Crippen molar-refractivity contribution in [2.24, 2.45) is 0 Å². The van der Waals surface area contributed by atoms with Crippen molar-refractivity contribution < 1.29 is 32.4 Å². The molecule has 0 fully saturated rings. The van der Waals surface area contributed by atoms with E-state index in [1.54, 1.807) is 24.3 Å². The van der Waals surface area contributed by atoms with Crippen LogP contribution in [-0.2, 0) is 13.9 Å². The van der Waals surface area contributed by atoms with Crippen molar-refractivity contribution in [3.05, 3.63) is 48.5 Å². The van der Waals surface area contributed by atoms with Gasteiger partial charge in [0.15, 0.2) is 23.0 Å². The minimum Gasteiger partial charge on any atom is -0.487 e. The van der Waals surface area contributed by atoms with E-state index in [0.29, 0.717) is 88.6 Å². The van der Waals surface area contributed by atoms with Crippen molar-refractivity contribution in [3.8, 4) is 23.0 Å². The maximum atomic E-state index is 14.2. The van der Waals surface area contributed by atoms with E-state index < -0.39 is 15.3 Å². The van der Waals surface area contributed by atoms with Gasteiger partial charge in [-0.2, -0.15) is 0 Å². The topological polar surface area (TPSA) is 93.2 Å². The summed E-state index contributed by atoms with van der Waals surface area (Å²) in [5.74, 6) is 1.89. The van der Waals surface area contributed by atoms with Gasteiger partial charge in [0.25, 0.3) is 0 Å². The van der Waals surface area contributed by atoms with Crippen molar-refractivity contribution in [3.63, 3.8) is 0 Å². The van der Waals surface area contributed by atoms with E-state index in [4.69, 9.17) is 23.3 Å². The molecule has 45 heavy (non-hydrogen) atoms. The molecule has 2 rings (SSSR count). The molecule has 0 heterocycles. The SMILES string of the molecule is CCN(CC)P(=O)(Oc1ccccc1OCCOCCOc1ccccc1OP(=O)(N(CC)CC)N(CC)CC)N(CC)CC. The Balaban J connectivity index is 1.98. The minimum absolute atomic E-state index is 0.276. The first kappa shape index (κ1) is 39.1. The number of nitrogens with zero attached hydrogens (tertiary/aromatic N) is 4. The minimum atomic E-state index is -3.30. The Morgan fingerprint density at radius 1 is 0.444 bits per heavy atom. The Bertz CT molecular complexity index is 1080. The molecule has 0 aliphatic heterocycles. The third-order valence-electron chi connectivity index (χ3n) is 7.45. The molecule has 0 aliphatic carbocycles. The van der Waals surface area contributed by atoms with E-state index in [1.807, 2.05) is 98.3 Å². The fourth-order valence-electron chi connectivity index (χ4n) is 4.98. The Kier molecular flexibility index (Phi) is 17.5. The maximum Gasteiger partial charge on any atom is 0.395 e. The van der Waals surface area contributed by atoms with Crippen LogP contribution >= 0.6 is 15.3 Å². The molecule has 0 aliphatic rings. The number of ether oxygens (including phenoxy) is 3. The van der Waals surface area contributed by atoms with Gasteiger partial charge in [-0.25, -0.2) is 27.8 Å². The zero-order valence-electron chi connectivity index (χ0n) is 28.6. The van der Waals surface area contributed by atoms with Gasteiger partial charge in [0, 0.05) is 52.4 Å². The van der Waals surface area contributed by atoms with Gasteiger partial charge in [-0.1, -0.05) is 79.7 Å². The van der Waals surface area contributed by atoms with Gasteiger partial charge in [0.05, 0.1) is 13.2 Å². The predicted molar refractivity (Wildman–Crippen MR) is 183 cm³/mol. The Hall–Kier alpha value is -2.10. The molecule has 0 unspecified atom stereocenters. The van der Waals surface area contributed by atoms with Crippen LogP contribution in [0.1, 0.15) is 55.4 Å². The average Bonchev–Trinajstić information content (AvgIpc) is 3.04. The molecule has 11 nitrogen and oxygen atoms in total. The summed E-state index contributed by atoms with van der Waals surface area (Å²) in [5.41, 5.74) is 0. The Morgan fingerprint density at radius 2 is 0.711 bits per heavy atom. The van der Waals surface area contributed by atoms with Gasteiger partial charge < -0.3 is 23.3 Å². The van der Waals surface area contributed by atoms with Crippen molar-refractivity contribution in [2.45, 2.75) is 55.4 Å². The van der Waals surface area contributed by atoms with Crippen LogP contribution in [-0.4, -0.2) is 97.5 Å². The zero-order chi connectivity index (χ0) is 33.3. The summed E-state index contributed by atoms with van der Waals surface area (Å²) in [5, 5.41) is 0. The molecule has 0 radical (unpaired) electrons. The number of rotatable bonds is 24. The van der Waals surface area contributed by atoms with E-state index in [-0.39, 0.29) is 13.2 Å². The van der Waals surface area contributed by atoms with Crippen molar-refractivity contribution in [2.75, 3.05) is 78.8 Å². The van der Waals surface area contributed by atoms with Gasteiger partial charge in [-0.15, -0.1) is 0 Å². The van der Waals surface area contributed by atoms with Crippen molar-refractivity contribution in [1.82, 2.24) is 18.7 Å². The molecule has 13 heteroatoms. The predicted octanol–water partition coefficient (Wildman–Crippen LogP) is 7.50. The summed E-state index contributed by atoms with van der Waals surface area (Å²) < 4.78 is 66.1. The molecule has 0 saturated heterocycles. The molecule has 0 N–H and O–H groups in total. The zero-order valence-corrected chi connectivity index (χ0v) is 30.4. The van der Waals surface area contributed by atoms with Gasteiger partial charge in [-0.3, -0.25) is 0 Å². The van der Waals surface area contributed by atoms with Crippen LogP contribution in [0.5, 0.6) is 23.0 Å². The summed E-state index contributed by atoms with van der Waals surface area (Å²) in [7, 11) is -6.60. The highest BCUT2D eigenvalue weighted by atomic mass is 31.2. The lowest BCUT2D eigenvalue weighted by Gasteiger charge is -2.36. The first-order valence-corrected chi connectivity index (χ1v) is 19.4. The third-order valence-corrected chi connectivity index (χ3v) is 13.4. The first-order valence-electron chi connectivity index (χ1n) is 16.3. The van der Waals surface area contributed by atoms with Gasteiger partial charge in [-0.05, 0) is 24.3 Å². The van der Waals surface area contributed by atoms with E-state index >= 15 is 0 Å². The van der Waals surface area contributed by atoms with Crippen molar-refractivity contribution in [1.29, 1.82) is 0 Å². The second-order valence-corrected chi connectivity index (χ2v) is 14.5. The van der Waals surface area contributed by atoms with Crippen LogP contribution in [0.2, 0.25) is 0 Å². The van der Waals surface area contributed by atoms with Crippen LogP contribution < -0.4 is 18.5 Å². The molecule has 0 atom stereocenters. The molecule has 0 spiro atoms. The summed E-state index contributed by atoms with van der Waals surface area (Å²) >= 11 is 0. The van der Waals surface area contributed by atoms with Crippen LogP contribution in [0.15, 0.2) is 48.5 Å². The Labute approximate surface area is 271 Å². The van der Waals surface area contributed by atoms with Crippen LogP contribution in [0.4, 0.5) is 0 Å². The second kappa shape index (κ2) is 20.2. The highest BCUT2D eigenvalue weighted by molar-refractivity contribution is 7.54. The molecule has 256 valence electrons. The van der Waals surface area contributed by atoms with E-state index in [9.17, 15) is 9.13 Å². The van der Waals surface area contributed by atoms with Crippen molar-refractivity contribution >= 4 is 15.3 Å². The molecule has 0 saturated carbocycles. The van der Waals surface area contributed by atoms with Gasteiger partial charge >= 0.3 is 15.3 Å². The lowest BCUT2D eigenvalue weighted by atomic mass is 10.3. The van der Waals surface area contributed by atoms with Gasteiger partial charge in [0.1, 0.15) is 13.2 Å². The highest BCUT2D eigenvalue weighted by Crippen LogP contribution is 2.56. The molecule has 0 amide bonds. The fraction of sp³-hybridized carbons (Fsp3) is 0.625. The van der Waals surface area contributed by atoms with E-state index in [2.05, 4.69) is 0 Å². The summed E-state index contributed by atoms with van der Waals surface area (Å²) in [6, 6.07) is 14.6. The number of benzene rings is 2. The van der Waals surface area contributed by atoms with Crippen LogP contribution in [0, 0.1) is 0 Å². The normalized spacial score (nSPS) is 12.4. The number of hydrogen-bond donors (Lipinski definition) is 0. The molecule has 2 aromatic rings. The Morgan fingerprint density at radius 3 is 0.978 bits per heavy atom. The van der Waals surface area contributed by atoms with E-state index in [0.717, 1.165) is 0 Å². The summed E-state index contributed by atoms with van der Waals surface area (Å²) in [4.78, 5) is 0. The molecular weight excluding hydrogens is 614 g/mol. The quantitative estimate of drug-likeness (QED) is 0.0821. The number of hydrogen-bond acceptors (Lipinski definition) is 7. The smallest absolute Gasteiger partial charge is 0.395 e. The summed E-state index contributed by atoms with van der Waals surface area (Å²) in [6.45, 7) is 21.9. The molecule has 0 bridgehead atoms. The summed E-state index contributed by atoms with van der Waals surface area (Å²) in [6.07, 6.45) is 0. The third kappa shape index (κ3) is 10.4. The monoisotopic (exact) mass is 670 g/mol. The molecular formula is C32H56N4O7P2. The molecule has 0 aromatic heterocycles. The molecule has 2 aromatic carbocycles. The first-order chi connectivity index (χ1) is 21.7. The van der Waals surface area contributed by atoms with Gasteiger partial charge in [0.2, 0.25) is 0 Å². The lowest BCUT2D eigenvalue weighted by molar-refractivity contribution is 0.0754. The second-order valence-electron chi connectivity index (χ2n) is 9.92.